The van der Waals surface area contributed by atoms with Crippen molar-refractivity contribution in [2.45, 2.75) is 17.0 Å². The number of esters is 1. The number of halogens is 3. The van der Waals surface area contributed by atoms with E-state index < -0.39 is 40.3 Å². The van der Waals surface area contributed by atoms with E-state index in [0.717, 1.165) is 19.2 Å². The highest BCUT2D eigenvalue weighted by Crippen LogP contribution is 2.39. The van der Waals surface area contributed by atoms with Crippen LogP contribution in [0.15, 0.2) is 17.0 Å². The van der Waals surface area contributed by atoms with Gasteiger partial charge < -0.3 is 9.84 Å². The lowest BCUT2D eigenvalue weighted by Crippen LogP contribution is -2.11. The Bertz CT molecular complexity index is 537. The first-order valence-corrected chi connectivity index (χ1v) is 5.66. The number of nitriles is 1. The third kappa shape index (κ3) is 3.62. The first kappa shape index (κ1) is 15.3. The smallest absolute Gasteiger partial charge is 0.446 e. The first-order chi connectivity index (χ1) is 8.84. The lowest BCUT2D eigenvalue weighted by molar-refractivity contribution is -0.0328. The van der Waals surface area contributed by atoms with E-state index in [1.165, 1.54) is 0 Å². The summed E-state index contributed by atoms with van der Waals surface area (Å²) in [5.74, 6) is -0.967. The molecule has 1 N–H and O–H groups in total. The van der Waals surface area contributed by atoms with Crippen molar-refractivity contribution in [1.29, 1.82) is 5.26 Å². The normalized spacial score (nSPS) is 10.9. The zero-order valence-corrected chi connectivity index (χ0v) is 10.4. The van der Waals surface area contributed by atoms with Gasteiger partial charge in [-0.3, -0.25) is 0 Å². The van der Waals surface area contributed by atoms with Gasteiger partial charge in [-0.1, -0.05) is 6.07 Å². The van der Waals surface area contributed by atoms with Crippen LogP contribution in [0.3, 0.4) is 0 Å². The summed E-state index contributed by atoms with van der Waals surface area (Å²) in [6.07, 6.45) is 0. The molecule has 0 aliphatic rings. The molecule has 0 saturated carbocycles. The van der Waals surface area contributed by atoms with Crippen molar-refractivity contribution in [2.75, 3.05) is 7.11 Å². The molecule has 0 radical (unpaired) electrons. The van der Waals surface area contributed by atoms with Crippen LogP contribution in [0.5, 0.6) is 0 Å². The summed E-state index contributed by atoms with van der Waals surface area (Å²) >= 11 is -0.499. The van der Waals surface area contributed by atoms with E-state index >= 15 is 0 Å². The number of thioether (sulfide) groups is 1. The number of methoxy groups -OCH3 is 1. The molecule has 0 unspecified atom stereocenters. The Balaban J connectivity index is 3.46. The number of aliphatic hydroxyl groups excluding tert-OH is 1. The second-order valence-electron chi connectivity index (χ2n) is 3.28. The van der Waals surface area contributed by atoms with Crippen LogP contribution in [-0.4, -0.2) is 23.7 Å². The third-order valence-corrected chi connectivity index (χ3v) is 2.94. The fourth-order valence-corrected chi connectivity index (χ4v) is 2.05. The number of hydrogen-bond acceptors (Lipinski definition) is 5. The van der Waals surface area contributed by atoms with E-state index in [4.69, 9.17) is 10.4 Å². The second-order valence-corrected chi connectivity index (χ2v) is 4.39. The van der Waals surface area contributed by atoms with Crippen molar-refractivity contribution in [1.82, 2.24) is 0 Å². The summed E-state index contributed by atoms with van der Waals surface area (Å²) in [6.45, 7) is -0.587. The van der Waals surface area contributed by atoms with Crippen LogP contribution >= 0.6 is 11.8 Å². The Hall–Kier alpha value is -1.72. The molecular formula is C11H8F3NO3S. The number of nitrogens with zero attached hydrogens (tertiary/aromatic N) is 1. The molecule has 0 bridgehead atoms. The monoisotopic (exact) mass is 291 g/mol. The van der Waals surface area contributed by atoms with Crippen LogP contribution in [0.2, 0.25) is 0 Å². The highest BCUT2D eigenvalue weighted by atomic mass is 32.2. The Morgan fingerprint density at radius 2 is 2.16 bits per heavy atom. The highest BCUT2D eigenvalue weighted by molar-refractivity contribution is 8.00. The average molecular weight is 291 g/mol. The molecule has 1 aromatic rings. The number of hydrogen-bond donors (Lipinski definition) is 1. The number of ether oxygens (including phenoxy) is 1. The number of alkyl halides is 3. The van der Waals surface area contributed by atoms with Gasteiger partial charge in [-0.2, -0.15) is 18.4 Å². The lowest BCUT2D eigenvalue weighted by atomic mass is 10.0. The van der Waals surface area contributed by atoms with Crippen LogP contribution in [0.1, 0.15) is 21.5 Å². The number of carbonyl (C=O) groups excluding carboxylic acids is 1. The quantitative estimate of drug-likeness (QED) is 0.684. The van der Waals surface area contributed by atoms with Gasteiger partial charge in [0.25, 0.3) is 0 Å². The van der Waals surface area contributed by atoms with Crippen molar-refractivity contribution in [3.8, 4) is 6.07 Å². The Morgan fingerprint density at radius 3 is 2.58 bits per heavy atom. The lowest BCUT2D eigenvalue weighted by Gasteiger charge is -2.12. The summed E-state index contributed by atoms with van der Waals surface area (Å²) in [7, 11) is 1.04. The molecule has 0 spiro atoms. The van der Waals surface area contributed by atoms with E-state index in [1.807, 2.05) is 0 Å². The summed E-state index contributed by atoms with van der Waals surface area (Å²) in [6, 6.07) is 3.73. The Labute approximate surface area is 110 Å². The molecule has 0 saturated heterocycles. The highest BCUT2D eigenvalue weighted by Gasteiger charge is 2.32. The maximum absolute atomic E-state index is 12.3. The molecule has 0 fully saturated rings. The van der Waals surface area contributed by atoms with Crippen LogP contribution in [-0.2, 0) is 11.3 Å². The van der Waals surface area contributed by atoms with Gasteiger partial charge >= 0.3 is 11.5 Å². The van der Waals surface area contributed by atoms with Crippen molar-refractivity contribution in [3.05, 3.63) is 28.8 Å². The minimum atomic E-state index is -4.58. The molecule has 0 amide bonds. The van der Waals surface area contributed by atoms with E-state index in [2.05, 4.69) is 4.74 Å². The van der Waals surface area contributed by atoms with Gasteiger partial charge in [0.15, 0.2) is 0 Å². The SMILES string of the molecule is COC(=O)c1c(CO)ccc(SC(F)(F)F)c1C#N. The summed E-state index contributed by atoms with van der Waals surface area (Å²) < 4.78 is 41.4. The van der Waals surface area contributed by atoms with Gasteiger partial charge in [0, 0.05) is 4.90 Å². The minimum Gasteiger partial charge on any atom is -0.465 e. The molecule has 1 rings (SSSR count). The standard InChI is InChI=1S/C11H8F3NO3S/c1-18-10(17)9-6(5-16)2-3-8(7(9)4-15)19-11(12,13)14/h2-3,16H,5H2,1H3. The zero-order valence-electron chi connectivity index (χ0n) is 9.61. The molecule has 19 heavy (non-hydrogen) atoms. The largest absolute Gasteiger partial charge is 0.465 e. The van der Waals surface area contributed by atoms with Gasteiger partial charge in [0.05, 0.1) is 24.8 Å². The summed E-state index contributed by atoms with van der Waals surface area (Å²) in [5, 5.41) is 18.0. The van der Waals surface area contributed by atoms with Gasteiger partial charge in [-0.15, -0.1) is 0 Å². The van der Waals surface area contributed by atoms with Crippen LogP contribution < -0.4 is 0 Å². The fraction of sp³-hybridized carbons (Fsp3) is 0.273. The zero-order chi connectivity index (χ0) is 14.6. The van der Waals surface area contributed by atoms with E-state index in [0.29, 0.717) is 0 Å². The molecule has 0 atom stereocenters. The number of carbonyl (C=O) groups is 1. The average Bonchev–Trinajstić information content (AvgIpc) is 2.35. The predicted octanol–water partition coefficient (Wildman–Crippen LogP) is 2.45. The molecule has 8 heteroatoms. The Kier molecular flexibility index (Phi) is 4.80. The number of benzene rings is 1. The number of rotatable bonds is 3. The minimum absolute atomic E-state index is 0.0370. The van der Waals surface area contributed by atoms with E-state index in [9.17, 15) is 18.0 Å². The topological polar surface area (TPSA) is 70.3 Å². The molecule has 4 nitrogen and oxygen atoms in total. The van der Waals surface area contributed by atoms with Crippen molar-refractivity contribution in [2.24, 2.45) is 0 Å². The maximum Gasteiger partial charge on any atom is 0.446 e. The van der Waals surface area contributed by atoms with Gasteiger partial charge in [0.1, 0.15) is 6.07 Å². The van der Waals surface area contributed by atoms with Crippen molar-refractivity contribution >= 4 is 17.7 Å². The molecule has 102 valence electrons. The summed E-state index contributed by atoms with van der Waals surface area (Å²) in [4.78, 5) is 11.1. The fourth-order valence-electron chi connectivity index (χ4n) is 1.41. The van der Waals surface area contributed by atoms with Gasteiger partial charge in [-0.05, 0) is 23.4 Å². The summed E-state index contributed by atoms with van der Waals surface area (Å²) in [5.41, 5.74) is -5.35. The van der Waals surface area contributed by atoms with E-state index in [-0.39, 0.29) is 11.1 Å². The molecule has 1 aromatic carbocycles. The molecule has 0 heterocycles. The number of aliphatic hydroxyl groups is 1. The van der Waals surface area contributed by atoms with E-state index in [1.54, 1.807) is 6.07 Å². The maximum atomic E-state index is 12.3. The second kappa shape index (κ2) is 5.95. The molecule has 0 aliphatic heterocycles. The molecule has 0 aliphatic carbocycles. The molecular weight excluding hydrogens is 283 g/mol. The Morgan fingerprint density at radius 1 is 1.53 bits per heavy atom. The van der Waals surface area contributed by atoms with Crippen LogP contribution in [0, 0.1) is 11.3 Å². The van der Waals surface area contributed by atoms with Gasteiger partial charge in [0.2, 0.25) is 0 Å². The van der Waals surface area contributed by atoms with Gasteiger partial charge in [-0.25, -0.2) is 4.79 Å². The van der Waals surface area contributed by atoms with Crippen molar-refractivity contribution in [3.63, 3.8) is 0 Å². The third-order valence-electron chi connectivity index (χ3n) is 2.15. The predicted molar refractivity (Wildman–Crippen MR) is 60.3 cm³/mol. The molecule has 0 aromatic heterocycles. The van der Waals surface area contributed by atoms with Crippen LogP contribution in [0.4, 0.5) is 13.2 Å². The van der Waals surface area contributed by atoms with Crippen LogP contribution in [0.25, 0.3) is 0 Å². The first-order valence-electron chi connectivity index (χ1n) is 4.85. The van der Waals surface area contributed by atoms with Crippen molar-refractivity contribution < 1.29 is 27.8 Å².